The molecule has 1 aromatic carbocycles. The van der Waals surface area contributed by atoms with Crippen molar-refractivity contribution in [3.05, 3.63) is 34.6 Å². The number of hydrogen-bond acceptors (Lipinski definition) is 2. The number of ketones is 1. The fourth-order valence-electron chi connectivity index (χ4n) is 1.99. The third kappa shape index (κ3) is 2.18. The van der Waals surface area contributed by atoms with Crippen LogP contribution in [0.15, 0.2) is 18.2 Å². The maximum atomic E-state index is 13.6. The summed E-state index contributed by atoms with van der Waals surface area (Å²) in [6.45, 7) is 0. The van der Waals surface area contributed by atoms with Gasteiger partial charge >= 0.3 is 0 Å². The molecule has 1 saturated carbocycles. The standard InChI is InChI=1S/C13H11ClFNO/c14-10-5-2-6-11(15)12(10)9(7-16)13(17)8-3-1-4-8/h2,5-6,8-9H,1,3-4H2. The van der Waals surface area contributed by atoms with Gasteiger partial charge in [-0.25, -0.2) is 4.39 Å². The lowest BCUT2D eigenvalue weighted by Gasteiger charge is -2.26. The van der Waals surface area contributed by atoms with Crippen molar-refractivity contribution < 1.29 is 9.18 Å². The molecular formula is C13H11ClFNO. The Balaban J connectivity index is 2.35. The Hall–Kier alpha value is -1.40. The van der Waals surface area contributed by atoms with E-state index in [0.29, 0.717) is 0 Å². The van der Waals surface area contributed by atoms with Crippen LogP contribution in [0.4, 0.5) is 4.39 Å². The van der Waals surface area contributed by atoms with Crippen LogP contribution < -0.4 is 0 Å². The first-order chi connectivity index (χ1) is 8.15. The van der Waals surface area contributed by atoms with Crippen molar-refractivity contribution in [2.75, 3.05) is 0 Å². The van der Waals surface area contributed by atoms with Crippen molar-refractivity contribution in [3.63, 3.8) is 0 Å². The summed E-state index contributed by atoms with van der Waals surface area (Å²) in [5, 5.41) is 9.21. The molecule has 2 rings (SSSR count). The van der Waals surface area contributed by atoms with Crippen LogP contribution >= 0.6 is 11.6 Å². The second-order valence-electron chi connectivity index (χ2n) is 4.23. The van der Waals surface area contributed by atoms with E-state index in [-0.39, 0.29) is 22.3 Å². The number of nitrogens with zero attached hydrogens (tertiary/aromatic N) is 1. The minimum Gasteiger partial charge on any atom is -0.298 e. The lowest BCUT2D eigenvalue weighted by molar-refractivity contribution is -0.125. The number of hydrogen-bond donors (Lipinski definition) is 0. The number of carbonyl (C=O) groups excluding carboxylic acids is 1. The molecule has 1 aliphatic carbocycles. The highest BCUT2D eigenvalue weighted by Crippen LogP contribution is 2.35. The van der Waals surface area contributed by atoms with Gasteiger partial charge in [-0.2, -0.15) is 5.26 Å². The first-order valence-corrected chi connectivity index (χ1v) is 5.90. The molecule has 2 nitrogen and oxygen atoms in total. The zero-order valence-corrected chi connectivity index (χ0v) is 9.88. The number of carbonyl (C=O) groups is 1. The Morgan fingerprint density at radius 2 is 2.24 bits per heavy atom. The van der Waals surface area contributed by atoms with E-state index in [1.807, 2.05) is 6.07 Å². The molecule has 1 aliphatic rings. The van der Waals surface area contributed by atoms with Crippen LogP contribution in [0.25, 0.3) is 0 Å². The van der Waals surface area contributed by atoms with Crippen molar-refractivity contribution in [1.29, 1.82) is 5.26 Å². The van der Waals surface area contributed by atoms with Gasteiger partial charge in [0, 0.05) is 16.5 Å². The number of halogens is 2. The number of Topliss-reactive ketones (excluding diaryl/α,β-unsaturated/α-hetero) is 1. The number of benzene rings is 1. The summed E-state index contributed by atoms with van der Waals surface area (Å²) < 4.78 is 13.6. The SMILES string of the molecule is N#CC(C(=O)C1CCC1)c1c(F)cccc1Cl. The van der Waals surface area contributed by atoms with Gasteiger partial charge in [0.05, 0.1) is 6.07 Å². The van der Waals surface area contributed by atoms with Crippen molar-refractivity contribution in [2.24, 2.45) is 5.92 Å². The molecule has 0 bridgehead atoms. The van der Waals surface area contributed by atoms with Crippen LogP contribution in [0.1, 0.15) is 30.7 Å². The summed E-state index contributed by atoms with van der Waals surface area (Å²) in [5.41, 5.74) is 0.0218. The molecule has 0 radical (unpaired) electrons. The maximum Gasteiger partial charge on any atom is 0.157 e. The van der Waals surface area contributed by atoms with E-state index in [1.165, 1.54) is 18.2 Å². The maximum absolute atomic E-state index is 13.6. The average molecular weight is 252 g/mol. The zero-order valence-electron chi connectivity index (χ0n) is 9.12. The normalized spacial score (nSPS) is 17.0. The van der Waals surface area contributed by atoms with Crippen LogP contribution in [-0.4, -0.2) is 5.78 Å². The zero-order chi connectivity index (χ0) is 12.4. The van der Waals surface area contributed by atoms with Gasteiger partial charge in [-0.15, -0.1) is 0 Å². The molecule has 1 aromatic rings. The van der Waals surface area contributed by atoms with Crippen molar-refractivity contribution in [2.45, 2.75) is 25.2 Å². The molecule has 1 fully saturated rings. The lowest BCUT2D eigenvalue weighted by atomic mass is 9.76. The Bertz CT molecular complexity index is 470. The number of rotatable bonds is 3. The van der Waals surface area contributed by atoms with Crippen LogP contribution in [0.3, 0.4) is 0 Å². The van der Waals surface area contributed by atoms with Gasteiger partial charge in [-0.1, -0.05) is 24.1 Å². The van der Waals surface area contributed by atoms with Crippen molar-refractivity contribution in [1.82, 2.24) is 0 Å². The second-order valence-corrected chi connectivity index (χ2v) is 4.63. The first kappa shape index (κ1) is 12.1. The smallest absolute Gasteiger partial charge is 0.157 e. The van der Waals surface area contributed by atoms with Gasteiger partial charge in [0.1, 0.15) is 11.7 Å². The molecule has 1 atom stereocenters. The highest BCUT2D eigenvalue weighted by Gasteiger charge is 2.34. The molecule has 0 amide bonds. The fraction of sp³-hybridized carbons (Fsp3) is 0.385. The monoisotopic (exact) mass is 251 g/mol. The molecule has 0 aromatic heterocycles. The lowest BCUT2D eigenvalue weighted by Crippen LogP contribution is -2.27. The molecular weight excluding hydrogens is 241 g/mol. The highest BCUT2D eigenvalue weighted by atomic mass is 35.5. The quantitative estimate of drug-likeness (QED) is 0.826. The molecule has 0 N–H and O–H groups in total. The molecule has 0 aliphatic heterocycles. The summed E-state index contributed by atoms with van der Waals surface area (Å²) >= 11 is 5.87. The van der Waals surface area contributed by atoms with Gasteiger partial charge in [0.25, 0.3) is 0 Å². The van der Waals surface area contributed by atoms with Gasteiger partial charge in [0.15, 0.2) is 5.78 Å². The van der Waals surface area contributed by atoms with Gasteiger partial charge in [0.2, 0.25) is 0 Å². The molecule has 0 heterocycles. The molecule has 1 unspecified atom stereocenters. The molecule has 17 heavy (non-hydrogen) atoms. The minimum absolute atomic E-state index is 0.0218. The third-order valence-corrected chi connectivity index (χ3v) is 3.54. The Morgan fingerprint density at radius 1 is 1.53 bits per heavy atom. The molecule has 4 heteroatoms. The number of nitriles is 1. The van der Waals surface area contributed by atoms with E-state index < -0.39 is 11.7 Å². The van der Waals surface area contributed by atoms with Gasteiger partial charge < -0.3 is 0 Å². The summed E-state index contributed by atoms with van der Waals surface area (Å²) in [5.74, 6) is -1.97. The predicted octanol–water partition coefficient (Wildman–Crippen LogP) is 3.46. The van der Waals surface area contributed by atoms with Crippen molar-refractivity contribution >= 4 is 17.4 Å². The van der Waals surface area contributed by atoms with Crippen LogP contribution in [-0.2, 0) is 4.79 Å². The molecule has 0 saturated heterocycles. The van der Waals surface area contributed by atoms with E-state index in [9.17, 15) is 9.18 Å². The highest BCUT2D eigenvalue weighted by molar-refractivity contribution is 6.31. The van der Waals surface area contributed by atoms with Crippen LogP contribution in [0.2, 0.25) is 5.02 Å². The largest absolute Gasteiger partial charge is 0.298 e. The third-order valence-electron chi connectivity index (χ3n) is 3.21. The summed E-state index contributed by atoms with van der Waals surface area (Å²) in [4.78, 5) is 12.0. The Kier molecular flexibility index (Phi) is 3.44. The first-order valence-electron chi connectivity index (χ1n) is 5.52. The van der Waals surface area contributed by atoms with E-state index in [0.717, 1.165) is 19.3 Å². The Morgan fingerprint density at radius 3 is 2.71 bits per heavy atom. The van der Waals surface area contributed by atoms with Crippen LogP contribution in [0, 0.1) is 23.1 Å². The van der Waals surface area contributed by atoms with Crippen molar-refractivity contribution in [3.8, 4) is 6.07 Å². The van der Waals surface area contributed by atoms with E-state index in [2.05, 4.69) is 0 Å². The molecule has 88 valence electrons. The summed E-state index contributed by atoms with van der Waals surface area (Å²) in [6, 6.07) is 6.06. The average Bonchev–Trinajstić information content (AvgIpc) is 2.21. The van der Waals surface area contributed by atoms with E-state index in [1.54, 1.807) is 0 Å². The summed E-state index contributed by atoms with van der Waals surface area (Å²) in [6.07, 6.45) is 2.59. The topological polar surface area (TPSA) is 40.9 Å². The van der Waals surface area contributed by atoms with Gasteiger partial charge in [-0.3, -0.25) is 4.79 Å². The van der Waals surface area contributed by atoms with Crippen LogP contribution in [0.5, 0.6) is 0 Å². The summed E-state index contributed by atoms with van der Waals surface area (Å²) in [7, 11) is 0. The predicted molar refractivity (Wildman–Crippen MR) is 62.1 cm³/mol. The van der Waals surface area contributed by atoms with Gasteiger partial charge in [-0.05, 0) is 25.0 Å². The minimum atomic E-state index is -1.08. The second kappa shape index (κ2) is 4.85. The van der Waals surface area contributed by atoms with E-state index in [4.69, 9.17) is 16.9 Å². The Labute approximate surface area is 104 Å². The van der Waals surface area contributed by atoms with E-state index >= 15 is 0 Å². The fourth-order valence-corrected chi connectivity index (χ4v) is 2.26. The molecule has 0 spiro atoms.